The molecule has 2 amide bonds. The van der Waals surface area contributed by atoms with Crippen molar-refractivity contribution in [2.24, 2.45) is 0 Å². The third-order valence-electron chi connectivity index (χ3n) is 4.78. The Morgan fingerprint density at radius 1 is 1.35 bits per heavy atom. The van der Waals surface area contributed by atoms with Crippen LogP contribution < -0.4 is 16.0 Å². The largest absolute Gasteiger partial charge is 0.397 e. The summed E-state index contributed by atoms with van der Waals surface area (Å²) in [5.74, 6) is 0. The van der Waals surface area contributed by atoms with Gasteiger partial charge in [-0.1, -0.05) is 25.8 Å². The van der Waals surface area contributed by atoms with Crippen molar-refractivity contribution in [1.29, 1.82) is 0 Å². The fourth-order valence-electron chi connectivity index (χ4n) is 3.27. The highest BCUT2D eigenvalue weighted by Crippen LogP contribution is 2.37. The second-order valence-corrected chi connectivity index (χ2v) is 6.79. The molecule has 0 spiro atoms. The van der Waals surface area contributed by atoms with Gasteiger partial charge >= 0.3 is 6.03 Å². The van der Waals surface area contributed by atoms with Crippen LogP contribution in [0.15, 0.2) is 18.2 Å². The van der Waals surface area contributed by atoms with E-state index in [-0.39, 0.29) is 6.03 Å². The van der Waals surface area contributed by atoms with Crippen molar-refractivity contribution >= 4 is 23.1 Å². The van der Waals surface area contributed by atoms with E-state index in [0.29, 0.717) is 17.8 Å². The molecule has 1 aliphatic carbocycles. The number of hydrogen-bond acceptors (Lipinski definition) is 3. The van der Waals surface area contributed by atoms with Gasteiger partial charge in [-0.25, -0.2) is 4.79 Å². The Kier molecular flexibility index (Phi) is 4.64. The van der Waals surface area contributed by atoms with Crippen molar-refractivity contribution in [2.75, 3.05) is 29.0 Å². The first-order valence-corrected chi connectivity index (χ1v) is 8.85. The lowest BCUT2D eigenvalue weighted by Crippen LogP contribution is -2.34. The van der Waals surface area contributed by atoms with Crippen LogP contribution in [0.3, 0.4) is 0 Å². The normalized spacial score (nSPS) is 19.3. The molecule has 0 bridgehead atoms. The van der Waals surface area contributed by atoms with E-state index in [4.69, 9.17) is 5.73 Å². The van der Waals surface area contributed by atoms with Crippen molar-refractivity contribution in [3.05, 3.63) is 18.2 Å². The SMILES string of the molecule is CCCCC(C)Nc1c(N)cccc1N1CCN(C2CC2)C1=O. The second kappa shape index (κ2) is 6.69. The molecule has 1 aromatic carbocycles. The van der Waals surface area contributed by atoms with Crippen molar-refractivity contribution in [1.82, 2.24) is 4.90 Å². The van der Waals surface area contributed by atoms with Gasteiger partial charge < -0.3 is 16.0 Å². The molecule has 3 N–H and O–H groups in total. The van der Waals surface area contributed by atoms with E-state index in [1.165, 1.54) is 12.8 Å². The Morgan fingerprint density at radius 2 is 2.13 bits per heavy atom. The summed E-state index contributed by atoms with van der Waals surface area (Å²) in [5.41, 5.74) is 8.74. The predicted octanol–water partition coefficient (Wildman–Crippen LogP) is 3.66. The molecule has 1 aliphatic heterocycles. The fraction of sp³-hybridized carbons (Fsp3) is 0.611. The molecule has 1 saturated carbocycles. The van der Waals surface area contributed by atoms with Crippen molar-refractivity contribution in [3.63, 3.8) is 0 Å². The zero-order valence-electron chi connectivity index (χ0n) is 14.2. The Balaban J connectivity index is 1.79. The Bertz CT molecular complexity index is 570. The zero-order valence-corrected chi connectivity index (χ0v) is 14.2. The van der Waals surface area contributed by atoms with Crippen molar-refractivity contribution in [3.8, 4) is 0 Å². The maximum atomic E-state index is 12.7. The number of para-hydroxylation sites is 1. The van der Waals surface area contributed by atoms with Gasteiger partial charge in [-0.3, -0.25) is 4.90 Å². The summed E-state index contributed by atoms with van der Waals surface area (Å²) in [7, 11) is 0. The Hall–Kier alpha value is -1.91. The van der Waals surface area contributed by atoms with Crippen LogP contribution in [0.1, 0.15) is 46.0 Å². The molecule has 5 heteroatoms. The molecule has 1 atom stereocenters. The molecule has 1 saturated heterocycles. The van der Waals surface area contributed by atoms with E-state index in [2.05, 4.69) is 19.2 Å². The van der Waals surface area contributed by atoms with E-state index >= 15 is 0 Å². The summed E-state index contributed by atoms with van der Waals surface area (Å²) in [6, 6.07) is 6.77. The highest BCUT2D eigenvalue weighted by atomic mass is 16.2. The van der Waals surface area contributed by atoms with E-state index < -0.39 is 0 Å². The van der Waals surface area contributed by atoms with Crippen molar-refractivity contribution in [2.45, 2.75) is 58.0 Å². The van der Waals surface area contributed by atoms with Gasteiger partial charge in [0.05, 0.1) is 17.1 Å². The van der Waals surface area contributed by atoms with Crippen LogP contribution in [-0.4, -0.2) is 36.1 Å². The molecule has 0 aromatic heterocycles. The number of nitrogens with zero attached hydrogens (tertiary/aromatic N) is 2. The predicted molar refractivity (Wildman–Crippen MR) is 95.9 cm³/mol. The van der Waals surface area contributed by atoms with Gasteiger partial charge in [-0.15, -0.1) is 0 Å². The van der Waals surface area contributed by atoms with Crippen LogP contribution in [0.25, 0.3) is 0 Å². The summed E-state index contributed by atoms with van der Waals surface area (Å²) in [6.07, 6.45) is 5.77. The highest BCUT2D eigenvalue weighted by molar-refractivity contribution is 5.99. The first-order chi connectivity index (χ1) is 11.1. The maximum absolute atomic E-state index is 12.7. The number of rotatable bonds is 7. The summed E-state index contributed by atoms with van der Waals surface area (Å²) in [5, 5.41) is 3.53. The number of unbranched alkanes of at least 4 members (excludes halogenated alkanes) is 1. The number of carbonyl (C=O) groups excluding carboxylic acids is 1. The van der Waals surface area contributed by atoms with Gasteiger partial charge in [0, 0.05) is 25.2 Å². The molecule has 2 aliphatic rings. The van der Waals surface area contributed by atoms with Crippen LogP contribution in [0.5, 0.6) is 0 Å². The number of urea groups is 1. The number of benzene rings is 1. The zero-order chi connectivity index (χ0) is 16.4. The van der Waals surface area contributed by atoms with Gasteiger partial charge in [-0.2, -0.15) is 0 Å². The van der Waals surface area contributed by atoms with Gasteiger partial charge in [-0.05, 0) is 38.3 Å². The average Bonchev–Trinajstić information content (AvgIpc) is 3.30. The van der Waals surface area contributed by atoms with E-state index in [1.54, 1.807) is 0 Å². The average molecular weight is 316 g/mol. The molecule has 5 nitrogen and oxygen atoms in total. The van der Waals surface area contributed by atoms with E-state index in [0.717, 1.165) is 43.7 Å². The minimum absolute atomic E-state index is 0.127. The molecule has 126 valence electrons. The number of amides is 2. The van der Waals surface area contributed by atoms with Crippen LogP contribution in [0.4, 0.5) is 21.9 Å². The summed E-state index contributed by atoms with van der Waals surface area (Å²) < 4.78 is 0. The van der Waals surface area contributed by atoms with Gasteiger partial charge in [0.2, 0.25) is 0 Å². The molecule has 1 unspecified atom stereocenters. The monoisotopic (exact) mass is 316 g/mol. The lowest BCUT2D eigenvalue weighted by molar-refractivity contribution is 0.218. The fourth-order valence-corrected chi connectivity index (χ4v) is 3.27. The molecule has 1 aromatic rings. The van der Waals surface area contributed by atoms with Gasteiger partial charge in [0.15, 0.2) is 0 Å². The minimum atomic E-state index is 0.127. The number of nitrogen functional groups attached to an aromatic ring is 1. The molecule has 0 radical (unpaired) electrons. The second-order valence-electron chi connectivity index (χ2n) is 6.79. The lowest BCUT2D eigenvalue weighted by Gasteiger charge is -2.25. The topological polar surface area (TPSA) is 61.6 Å². The first-order valence-electron chi connectivity index (χ1n) is 8.85. The third-order valence-corrected chi connectivity index (χ3v) is 4.78. The summed E-state index contributed by atoms with van der Waals surface area (Å²) in [6.45, 7) is 5.94. The van der Waals surface area contributed by atoms with Crippen molar-refractivity contribution < 1.29 is 4.79 Å². The lowest BCUT2D eigenvalue weighted by atomic mass is 10.1. The van der Waals surface area contributed by atoms with Crippen LogP contribution >= 0.6 is 0 Å². The number of nitrogens with two attached hydrogens (primary N) is 1. The van der Waals surface area contributed by atoms with Gasteiger partial charge in [0.25, 0.3) is 0 Å². The summed E-state index contributed by atoms with van der Waals surface area (Å²) >= 11 is 0. The molecule has 2 fully saturated rings. The standard InChI is InChI=1S/C18H28N4O/c1-3-4-6-13(2)20-17-15(19)7-5-8-16(17)22-12-11-21(18(22)23)14-9-10-14/h5,7-8,13-14,20H,3-4,6,9-12,19H2,1-2H3. The Labute approximate surface area is 138 Å². The molecule has 1 heterocycles. The maximum Gasteiger partial charge on any atom is 0.324 e. The smallest absolute Gasteiger partial charge is 0.324 e. The third kappa shape index (κ3) is 3.38. The van der Waals surface area contributed by atoms with E-state index in [1.807, 2.05) is 28.0 Å². The first kappa shape index (κ1) is 16.0. The molecule has 23 heavy (non-hydrogen) atoms. The van der Waals surface area contributed by atoms with E-state index in [9.17, 15) is 4.79 Å². The van der Waals surface area contributed by atoms with Crippen LogP contribution in [0.2, 0.25) is 0 Å². The Morgan fingerprint density at radius 3 is 2.83 bits per heavy atom. The molecule has 3 rings (SSSR count). The highest BCUT2D eigenvalue weighted by Gasteiger charge is 2.40. The van der Waals surface area contributed by atoms with Gasteiger partial charge in [0.1, 0.15) is 0 Å². The number of anilines is 3. The number of nitrogens with one attached hydrogen (secondary N) is 1. The number of carbonyl (C=O) groups is 1. The summed E-state index contributed by atoms with van der Waals surface area (Å²) in [4.78, 5) is 16.6. The quantitative estimate of drug-likeness (QED) is 0.755. The molecular weight excluding hydrogens is 288 g/mol. The molecular formula is C18H28N4O. The van der Waals surface area contributed by atoms with Crippen LogP contribution in [0, 0.1) is 0 Å². The van der Waals surface area contributed by atoms with Crippen LogP contribution in [-0.2, 0) is 0 Å². The minimum Gasteiger partial charge on any atom is -0.397 e. The number of hydrogen-bond donors (Lipinski definition) is 2.